The first-order valence-corrected chi connectivity index (χ1v) is 3.95. The lowest BCUT2D eigenvalue weighted by Gasteiger charge is -2.05. The van der Waals surface area contributed by atoms with E-state index in [2.05, 4.69) is 0 Å². The van der Waals surface area contributed by atoms with Crippen molar-refractivity contribution in [2.75, 3.05) is 0 Å². The third-order valence-electron chi connectivity index (χ3n) is 2.89. The largest absolute Gasteiger partial charge is 0.309 e. The predicted molar refractivity (Wildman–Crippen MR) is 37.8 cm³/mol. The molecule has 1 nitrogen and oxygen atoms in total. The van der Waals surface area contributed by atoms with Gasteiger partial charge in [0.25, 0.3) is 0 Å². The number of hydrogen-bond donors (Lipinski definition) is 1. The van der Waals surface area contributed by atoms with E-state index >= 15 is 0 Å². The molecule has 50 valence electrons. The van der Waals surface area contributed by atoms with Crippen LogP contribution in [0.25, 0.3) is 0 Å². The molecule has 0 unspecified atom stereocenters. The lowest BCUT2D eigenvalue weighted by Crippen LogP contribution is -2.05. The monoisotopic (exact) mass is 123 g/mol. The Bertz CT molecular complexity index is 140. The van der Waals surface area contributed by atoms with Crippen molar-refractivity contribution in [1.82, 2.24) is 0 Å². The van der Waals surface area contributed by atoms with Gasteiger partial charge < -0.3 is 5.41 Å². The van der Waals surface area contributed by atoms with E-state index in [1.165, 1.54) is 25.7 Å². The Labute approximate surface area is 56.0 Å². The van der Waals surface area contributed by atoms with Crippen molar-refractivity contribution in [3.63, 3.8) is 0 Å². The number of hydrogen-bond acceptors (Lipinski definition) is 1. The standard InChI is InChI=1S/C8H13N/c9-8-5-4-6-2-1-3-7(6)8/h6-7,9H,1-5H2/t6-,7-/m1/s1. The molecule has 1 N–H and O–H groups in total. The lowest BCUT2D eigenvalue weighted by atomic mass is 10.00. The Kier molecular flexibility index (Phi) is 1.11. The first-order chi connectivity index (χ1) is 4.38. The topological polar surface area (TPSA) is 23.9 Å². The highest BCUT2D eigenvalue weighted by Crippen LogP contribution is 2.41. The van der Waals surface area contributed by atoms with Crippen molar-refractivity contribution < 1.29 is 0 Å². The van der Waals surface area contributed by atoms with Crippen LogP contribution in [-0.4, -0.2) is 5.71 Å². The van der Waals surface area contributed by atoms with Gasteiger partial charge in [0.15, 0.2) is 0 Å². The molecule has 0 aromatic carbocycles. The Balaban J connectivity index is 2.15. The van der Waals surface area contributed by atoms with Gasteiger partial charge in [0.2, 0.25) is 0 Å². The molecule has 2 atom stereocenters. The molecule has 0 aliphatic heterocycles. The molecule has 0 spiro atoms. The molecule has 0 amide bonds. The molecule has 0 aromatic rings. The van der Waals surface area contributed by atoms with E-state index in [-0.39, 0.29) is 0 Å². The summed E-state index contributed by atoms with van der Waals surface area (Å²) in [6.07, 6.45) is 6.55. The van der Waals surface area contributed by atoms with Gasteiger partial charge in [-0.25, -0.2) is 0 Å². The maximum Gasteiger partial charge on any atom is 0.0123 e. The van der Waals surface area contributed by atoms with E-state index in [0.29, 0.717) is 0 Å². The molecular weight excluding hydrogens is 110 g/mol. The second-order valence-electron chi connectivity index (χ2n) is 3.36. The normalized spacial score (nSPS) is 41.6. The Morgan fingerprint density at radius 2 is 2.11 bits per heavy atom. The third kappa shape index (κ3) is 0.707. The molecule has 1 heteroatoms. The fraction of sp³-hybridized carbons (Fsp3) is 0.875. The maximum atomic E-state index is 7.58. The van der Waals surface area contributed by atoms with Gasteiger partial charge >= 0.3 is 0 Å². The van der Waals surface area contributed by atoms with Crippen LogP contribution in [0.1, 0.15) is 32.1 Å². The van der Waals surface area contributed by atoms with Crippen molar-refractivity contribution in [1.29, 1.82) is 5.41 Å². The van der Waals surface area contributed by atoms with E-state index < -0.39 is 0 Å². The van der Waals surface area contributed by atoms with Crippen molar-refractivity contribution in [2.45, 2.75) is 32.1 Å². The van der Waals surface area contributed by atoms with E-state index in [4.69, 9.17) is 5.41 Å². The summed E-state index contributed by atoms with van der Waals surface area (Å²) in [6, 6.07) is 0. The van der Waals surface area contributed by atoms with Crippen LogP contribution in [0.15, 0.2) is 0 Å². The van der Waals surface area contributed by atoms with E-state index in [9.17, 15) is 0 Å². The molecular formula is C8H13N. The Morgan fingerprint density at radius 3 is 2.89 bits per heavy atom. The highest BCUT2D eigenvalue weighted by atomic mass is 14.5. The molecule has 2 aliphatic rings. The maximum absolute atomic E-state index is 7.58. The average molecular weight is 123 g/mol. The molecule has 9 heavy (non-hydrogen) atoms. The van der Waals surface area contributed by atoms with Gasteiger partial charge in [-0.05, 0) is 37.5 Å². The molecule has 2 saturated carbocycles. The van der Waals surface area contributed by atoms with Crippen molar-refractivity contribution in [3.05, 3.63) is 0 Å². The highest BCUT2D eigenvalue weighted by Gasteiger charge is 2.34. The molecule has 0 aromatic heterocycles. The summed E-state index contributed by atoms with van der Waals surface area (Å²) >= 11 is 0. The minimum atomic E-state index is 0.727. The number of fused-ring (bicyclic) bond motifs is 1. The number of nitrogens with one attached hydrogen (secondary N) is 1. The highest BCUT2D eigenvalue weighted by molar-refractivity contribution is 5.86. The molecule has 0 bridgehead atoms. The van der Waals surface area contributed by atoms with Crippen molar-refractivity contribution in [3.8, 4) is 0 Å². The summed E-state index contributed by atoms with van der Waals surface area (Å²) < 4.78 is 0. The average Bonchev–Trinajstić information content (AvgIpc) is 2.35. The van der Waals surface area contributed by atoms with E-state index in [0.717, 1.165) is 24.0 Å². The summed E-state index contributed by atoms with van der Waals surface area (Å²) in [5.41, 5.74) is 1.05. The molecule has 0 saturated heterocycles. The van der Waals surface area contributed by atoms with E-state index in [1.54, 1.807) is 0 Å². The first kappa shape index (κ1) is 5.45. The van der Waals surface area contributed by atoms with E-state index in [1.807, 2.05) is 0 Å². The predicted octanol–water partition coefficient (Wildman–Crippen LogP) is 2.22. The second-order valence-corrected chi connectivity index (χ2v) is 3.36. The summed E-state index contributed by atoms with van der Waals surface area (Å²) in [5, 5.41) is 7.58. The van der Waals surface area contributed by atoms with Crippen LogP contribution >= 0.6 is 0 Å². The van der Waals surface area contributed by atoms with Gasteiger partial charge in [-0.15, -0.1) is 0 Å². The minimum Gasteiger partial charge on any atom is -0.309 e. The molecule has 2 rings (SSSR count). The first-order valence-electron chi connectivity index (χ1n) is 3.95. The Hall–Kier alpha value is -0.330. The summed E-state index contributed by atoms with van der Waals surface area (Å²) in [4.78, 5) is 0. The van der Waals surface area contributed by atoms with Gasteiger partial charge in [-0.1, -0.05) is 6.42 Å². The lowest BCUT2D eigenvalue weighted by molar-refractivity contribution is 0.505. The summed E-state index contributed by atoms with van der Waals surface area (Å²) in [7, 11) is 0. The van der Waals surface area contributed by atoms with Crippen LogP contribution in [0, 0.1) is 17.2 Å². The van der Waals surface area contributed by atoms with Crippen molar-refractivity contribution in [2.24, 2.45) is 11.8 Å². The van der Waals surface area contributed by atoms with Crippen LogP contribution in [0.4, 0.5) is 0 Å². The Morgan fingerprint density at radius 1 is 1.22 bits per heavy atom. The van der Waals surface area contributed by atoms with Crippen LogP contribution in [0.2, 0.25) is 0 Å². The van der Waals surface area contributed by atoms with Gasteiger partial charge in [0.1, 0.15) is 0 Å². The van der Waals surface area contributed by atoms with Crippen LogP contribution in [-0.2, 0) is 0 Å². The fourth-order valence-corrected chi connectivity index (χ4v) is 2.37. The zero-order chi connectivity index (χ0) is 6.27. The summed E-state index contributed by atoms with van der Waals surface area (Å²) in [5.74, 6) is 1.66. The SMILES string of the molecule is N=C1CC[C@H]2CCC[C@@H]12. The van der Waals surface area contributed by atoms with Gasteiger partial charge in [-0.2, -0.15) is 0 Å². The van der Waals surface area contributed by atoms with Crippen LogP contribution < -0.4 is 0 Å². The van der Waals surface area contributed by atoms with Crippen LogP contribution in [0.3, 0.4) is 0 Å². The molecule has 2 fully saturated rings. The zero-order valence-corrected chi connectivity index (χ0v) is 5.69. The van der Waals surface area contributed by atoms with Gasteiger partial charge in [-0.3, -0.25) is 0 Å². The molecule has 2 aliphatic carbocycles. The molecule has 0 radical (unpaired) electrons. The van der Waals surface area contributed by atoms with Crippen molar-refractivity contribution >= 4 is 5.71 Å². The summed E-state index contributed by atoms with van der Waals surface area (Å²) in [6.45, 7) is 0. The minimum absolute atomic E-state index is 0.727. The zero-order valence-electron chi connectivity index (χ0n) is 5.69. The smallest absolute Gasteiger partial charge is 0.0123 e. The second kappa shape index (κ2) is 1.83. The van der Waals surface area contributed by atoms with Gasteiger partial charge in [0.05, 0.1) is 0 Å². The third-order valence-corrected chi connectivity index (χ3v) is 2.89. The number of rotatable bonds is 0. The fourth-order valence-electron chi connectivity index (χ4n) is 2.37. The van der Waals surface area contributed by atoms with Crippen LogP contribution in [0.5, 0.6) is 0 Å². The van der Waals surface area contributed by atoms with Gasteiger partial charge in [0, 0.05) is 5.71 Å². The quantitative estimate of drug-likeness (QED) is 0.510. The molecule has 0 heterocycles.